The van der Waals surface area contributed by atoms with E-state index in [1.54, 1.807) is 13.2 Å². The van der Waals surface area contributed by atoms with Gasteiger partial charge in [0, 0.05) is 19.0 Å². The average molecular weight is 307 g/mol. The Balaban J connectivity index is 1.83. The highest BCUT2D eigenvalue weighted by Gasteiger charge is 2.35. The first-order chi connectivity index (χ1) is 10.1. The molecule has 1 unspecified atom stereocenters. The number of hydrogen-bond donors (Lipinski definition) is 0. The van der Waals surface area contributed by atoms with Gasteiger partial charge in [-0.1, -0.05) is 18.2 Å². The van der Waals surface area contributed by atoms with Crippen LogP contribution in [0.1, 0.15) is 17.9 Å². The van der Waals surface area contributed by atoms with Crippen LogP contribution in [0.5, 0.6) is 5.75 Å². The number of nitrogens with zero attached hydrogens (tertiary/aromatic N) is 1. The van der Waals surface area contributed by atoms with Crippen molar-refractivity contribution in [1.82, 2.24) is 4.31 Å². The molecule has 0 saturated carbocycles. The van der Waals surface area contributed by atoms with Gasteiger partial charge in [0.1, 0.15) is 5.75 Å². The number of para-hydroxylation sites is 1. The second-order valence-corrected chi connectivity index (χ2v) is 6.89. The molecule has 1 aromatic carbocycles. The van der Waals surface area contributed by atoms with Gasteiger partial charge in [-0.05, 0) is 30.2 Å². The molecule has 1 aliphatic heterocycles. The lowest BCUT2D eigenvalue weighted by molar-refractivity contribution is 0.400. The lowest BCUT2D eigenvalue weighted by Crippen LogP contribution is -2.28. The number of sulfonamides is 1. The van der Waals surface area contributed by atoms with Crippen molar-refractivity contribution >= 4 is 10.0 Å². The fourth-order valence-electron chi connectivity index (χ4n) is 2.74. The van der Waals surface area contributed by atoms with E-state index in [0.717, 1.165) is 17.7 Å². The summed E-state index contributed by atoms with van der Waals surface area (Å²) >= 11 is 0. The van der Waals surface area contributed by atoms with E-state index >= 15 is 0 Å². The maximum atomic E-state index is 12.4. The van der Waals surface area contributed by atoms with Crippen LogP contribution in [0.25, 0.3) is 0 Å². The van der Waals surface area contributed by atoms with Gasteiger partial charge in [-0.2, -0.15) is 4.31 Å². The van der Waals surface area contributed by atoms with E-state index in [1.165, 1.54) is 16.6 Å². The van der Waals surface area contributed by atoms with Crippen LogP contribution in [0.15, 0.2) is 52.2 Å². The molecule has 0 aliphatic carbocycles. The Hall–Kier alpha value is -1.79. The van der Waals surface area contributed by atoms with Gasteiger partial charge in [-0.3, -0.25) is 0 Å². The third-order valence-corrected chi connectivity index (χ3v) is 5.57. The molecule has 0 radical (unpaired) electrons. The van der Waals surface area contributed by atoms with Gasteiger partial charge in [0.2, 0.25) is 5.09 Å². The Bertz CT molecular complexity index is 709. The molecule has 1 aliphatic rings. The Kier molecular flexibility index (Phi) is 3.73. The molecular weight excluding hydrogens is 290 g/mol. The standard InChI is InChI=1S/C15H17NO4S/c1-19-14-6-3-2-5-13(14)12-8-9-16(11-12)21(17,18)15-7-4-10-20-15/h2-7,10,12H,8-9,11H2,1H3. The predicted octanol–water partition coefficient (Wildman–Crippen LogP) is 2.47. The van der Waals surface area contributed by atoms with Crippen molar-refractivity contribution in [3.8, 4) is 5.75 Å². The van der Waals surface area contributed by atoms with E-state index in [1.807, 2.05) is 24.3 Å². The number of benzene rings is 1. The summed E-state index contributed by atoms with van der Waals surface area (Å²) in [5.74, 6) is 0.950. The summed E-state index contributed by atoms with van der Waals surface area (Å²) in [6.07, 6.45) is 2.15. The van der Waals surface area contributed by atoms with Crippen molar-refractivity contribution in [2.75, 3.05) is 20.2 Å². The van der Waals surface area contributed by atoms with E-state index in [2.05, 4.69) is 0 Å². The van der Waals surface area contributed by atoms with Crippen molar-refractivity contribution in [3.63, 3.8) is 0 Å². The van der Waals surface area contributed by atoms with Crippen LogP contribution in [0, 0.1) is 0 Å². The fraction of sp³-hybridized carbons (Fsp3) is 0.333. The highest BCUT2D eigenvalue weighted by molar-refractivity contribution is 7.89. The van der Waals surface area contributed by atoms with Crippen molar-refractivity contribution in [3.05, 3.63) is 48.2 Å². The normalized spacial score (nSPS) is 19.8. The van der Waals surface area contributed by atoms with E-state index in [9.17, 15) is 8.42 Å². The minimum Gasteiger partial charge on any atom is -0.496 e. The van der Waals surface area contributed by atoms with Crippen LogP contribution in [-0.4, -0.2) is 32.9 Å². The summed E-state index contributed by atoms with van der Waals surface area (Å²) < 4.78 is 36.7. The molecule has 0 spiro atoms. The molecule has 0 N–H and O–H groups in total. The Labute approximate surface area is 124 Å². The van der Waals surface area contributed by atoms with E-state index in [4.69, 9.17) is 9.15 Å². The Morgan fingerprint density at radius 1 is 1.24 bits per heavy atom. The zero-order valence-electron chi connectivity index (χ0n) is 11.7. The number of ether oxygens (including phenoxy) is 1. The van der Waals surface area contributed by atoms with E-state index < -0.39 is 10.0 Å². The molecule has 1 aromatic heterocycles. The molecular formula is C15H17NO4S. The third kappa shape index (κ3) is 2.56. The summed E-state index contributed by atoms with van der Waals surface area (Å²) in [6, 6.07) is 10.8. The van der Waals surface area contributed by atoms with Crippen molar-refractivity contribution in [1.29, 1.82) is 0 Å². The molecule has 5 nitrogen and oxygen atoms in total. The first-order valence-corrected chi connectivity index (χ1v) is 8.23. The molecule has 2 aromatic rings. The molecule has 112 valence electrons. The molecule has 1 fully saturated rings. The fourth-order valence-corrected chi connectivity index (χ4v) is 4.15. The molecule has 0 bridgehead atoms. The zero-order valence-corrected chi connectivity index (χ0v) is 12.5. The highest BCUT2D eigenvalue weighted by Crippen LogP contribution is 2.35. The summed E-state index contributed by atoms with van der Waals surface area (Å²) in [6.45, 7) is 0.940. The van der Waals surface area contributed by atoms with Gasteiger partial charge in [0.25, 0.3) is 10.0 Å². The number of rotatable bonds is 4. The van der Waals surface area contributed by atoms with Crippen LogP contribution in [0.2, 0.25) is 0 Å². The van der Waals surface area contributed by atoms with Gasteiger partial charge in [0.05, 0.1) is 13.4 Å². The third-order valence-electron chi connectivity index (χ3n) is 3.82. The maximum absolute atomic E-state index is 12.4. The Morgan fingerprint density at radius 2 is 2.05 bits per heavy atom. The maximum Gasteiger partial charge on any atom is 0.276 e. The second-order valence-electron chi connectivity index (χ2n) is 5.02. The van der Waals surface area contributed by atoms with Crippen LogP contribution in [0.4, 0.5) is 0 Å². The molecule has 1 atom stereocenters. The summed E-state index contributed by atoms with van der Waals surface area (Å²) in [5, 5.41) is 0.00294. The Morgan fingerprint density at radius 3 is 2.76 bits per heavy atom. The molecule has 0 amide bonds. The van der Waals surface area contributed by atoms with Gasteiger partial charge < -0.3 is 9.15 Å². The largest absolute Gasteiger partial charge is 0.496 e. The highest BCUT2D eigenvalue weighted by atomic mass is 32.2. The van der Waals surface area contributed by atoms with Crippen LogP contribution >= 0.6 is 0 Å². The van der Waals surface area contributed by atoms with Gasteiger partial charge in [-0.15, -0.1) is 0 Å². The van der Waals surface area contributed by atoms with Crippen LogP contribution in [0.3, 0.4) is 0 Å². The van der Waals surface area contributed by atoms with Gasteiger partial charge in [0.15, 0.2) is 0 Å². The molecule has 2 heterocycles. The molecule has 1 saturated heterocycles. The van der Waals surface area contributed by atoms with Crippen molar-refractivity contribution in [2.24, 2.45) is 0 Å². The van der Waals surface area contributed by atoms with E-state index in [-0.39, 0.29) is 11.0 Å². The van der Waals surface area contributed by atoms with Crippen molar-refractivity contribution in [2.45, 2.75) is 17.4 Å². The lowest BCUT2D eigenvalue weighted by atomic mass is 9.97. The smallest absolute Gasteiger partial charge is 0.276 e. The van der Waals surface area contributed by atoms with Crippen LogP contribution < -0.4 is 4.74 Å². The first kappa shape index (κ1) is 14.2. The minimum atomic E-state index is -3.53. The summed E-state index contributed by atoms with van der Waals surface area (Å²) in [4.78, 5) is 0. The van der Waals surface area contributed by atoms with E-state index in [0.29, 0.717) is 13.1 Å². The SMILES string of the molecule is COc1ccccc1C1CCN(S(=O)(=O)c2ccco2)C1. The van der Waals surface area contributed by atoms with Gasteiger partial charge >= 0.3 is 0 Å². The number of hydrogen-bond acceptors (Lipinski definition) is 4. The van der Waals surface area contributed by atoms with Gasteiger partial charge in [-0.25, -0.2) is 8.42 Å². The number of methoxy groups -OCH3 is 1. The zero-order chi connectivity index (χ0) is 14.9. The minimum absolute atomic E-state index is 0.00294. The molecule has 6 heteroatoms. The molecule has 3 rings (SSSR count). The lowest BCUT2D eigenvalue weighted by Gasteiger charge is -2.16. The monoisotopic (exact) mass is 307 g/mol. The topological polar surface area (TPSA) is 59.8 Å². The second kappa shape index (κ2) is 5.54. The molecule has 21 heavy (non-hydrogen) atoms. The number of furan rings is 1. The summed E-state index contributed by atoms with van der Waals surface area (Å²) in [7, 11) is -1.90. The quantitative estimate of drug-likeness (QED) is 0.870. The predicted molar refractivity (Wildman–Crippen MR) is 77.8 cm³/mol. The summed E-state index contributed by atoms with van der Waals surface area (Å²) in [5.41, 5.74) is 1.05. The van der Waals surface area contributed by atoms with Crippen molar-refractivity contribution < 1.29 is 17.6 Å². The average Bonchev–Trinajstić information content (AvgIpc) is 3.18. The van der Waals surface area contributed by atoms with Crippen LogP contribution in [-0.2, 0) is 10.0 Å². The first-order valence-electron chi connectivity index (χ1n) is 6.79.